The molecule has 0 radical (unpaired) electrons. The maximum Gasteiger partial charge on any atom is 0.408 e. The summed E-state index contributed by atoms with van der Waals surface area (Å²) >= 11 is 0. The summed E-state index contributed by atoms with van der Waals surface area (Å²) in [4.78, 5) is 32.5. The normalized spacial score (nSPS) is 11.2. The van der Waals surface area contributed by atoms with Crippen molar-refractivity contribution in [3.05, 3.63) is 95.8 Å². The number of aromatic hydroxyl groups is 1. The summed E-state index contributed by atoms with van der Waals surface area (Å²) in [5.41, 5.74) is 2.80. The fourth-order valence-corrected chi connectivity index (χ4v) is 3.68. The van der Waals surface area contributed by atoms with Crippen molar-refractivity contribution >= 4 is 24.4 Å². The highest BCUT2D eigenvalue weighted by molar-refractivity contribution is 5.85. The number of pyridine rings is 1. The average Bonchev–Trinajstić information content (AvgIpc) is 2.84. The number of benzene rings is 2. The Kier molecular flexibility index (Phi) is 10.4. The molecule has 0 aliphatic carbocycles. The van der Waals surface area contributed by atoms with E-state index in [0.717, 1.165) is 16.7 Å². The number of likely N-dealkylation sites (N-methyl/N-ethyl adjacent to an activating group) is 1. The van der Waals surface area contributed by atoms with Crippen LogP contribution in [0.5, 0.6) is 5.75 Å². The first-order chi connectivity index (χ1) is 15.9. The van der Waals surface area contributed by atoms with Crippen LogP contribution in [0.2, 0.25) is 0 Å². The minimum Gasteiger partial charge on any atom is -0.508 e. The SMILES string of the molecule is CN(CCc1ccccc1)C(=O)[C@H](CCc1ccc(O)cc1)N(Cc1ccncc1)C(=O)O.Cl. The third-order valence-electron chi connectivity index (χ3n) is 5.61. The topological polar surface area (TPSA) is 94.0 Å². The van der Waals surface area contributed by atoms with E-state index < -0.39 is 12.1 Å². The number of carbonyl (C=O) groups excluding carboxylic acids is 1. The molecule has 180 valence electrons. The summed E-state index contributed by atoms with van der Waals surface area (Å²) in [5, 5.41) is 19.5. The number of carbonyl (C=O) groups is 2. The number of aryl methyl sites for hydroxylation is 1. The van der Waals surface area contributed by atoms with Crippen LogP contribution in [0.15, 0.2) is 79.1 Å². The van der Waals surface area contributed by atoms with Gasteiger partial charge in [0.2, 0.25) is 5.91 Å². The van der Waals surface area contributed by atoms with E-state index in [0.29, 0.717) is 25.8 Å². The first-order valence-electron chi connectivity index (χ1n) is 10.9. The van der Waals surface area contributed by atoms with Gasteiger partial charge in [0, 0.05) is 32.5 Å². The first kappa shape index (κ1) is 26.7. The van der Waals surface area contributed by atoms with Crippen molar-refractivity contribution in [1.82, 2.24) is 14.8 Å². The van der Waals surface area contributed by atoms with Crippen molar-refractivity contribution in [2.75, 3.05) is 13.6 Å². The smallest absolute Gasteiger partial charge is 0.408 e. The summed E-state index contributed by atoms with van der Waals surface area (Å²) in [6, 6.07) is 19.3. The standard InChI is InChI=1S/C26H29N3O4.ClH/c1-28(18-15-20-5-3-2-4-6-20)25(31)24(12-9-21-7-10-23(30)11-8-21)29(26(32)33)19-22-13-16-27-17-14-22;/h2-8,10-11,13-14,16-17,24,30H,9,12,15,18-19H2,1H3,(H,32,33);1H/t24-;/m0./s1. The number of hydrogen-bond acceptors (Lipinski definition) is 4. The highest BCUT2D eigenvalue weighted by Crippen LogP contribution is 2.18. The number of hydrogen-bond donors (Lipinski definition) is 2. The van der Waals surface area contributed by atoms with Crippen molar-refractivity contribution in [3.8, 4) is 5.75 Å². The molecule has 7 nitrogen and oxygen atoms in total. The molecule has 3 rings (SSSR count). The van der Waals surface area contributed by atoms with E-state index in [1.54, 1.807) is 60.7 Å². The molecule has 0 bridgehead atoms. The molecule has 1 aromatic heterocycles. The van der Waals surface area contributed by atoms with Crippen LogP contribution >= 0.6 is 12.4 Å². The van der Waals surface area contributed by atoms with E-state index in [-0.39, 0.29) is 30.6 Å². The lowest BCUT2D eigenvalue weighted by Gasteiger charge is -2.32. The van der Waals surface area contributed by atoms with Crippen molar-refractivity contribution < 1.29 is 19.8 Å². The van der Waals surface area contributed by atoms with Crippen LogP contribution in [0.3, 0.4) is 0 Å². The number of amides is 2. The van der Waals surface area contributed by atoms with E-state index in [1.807, 2.05) is 30.3 Å². The van der Waals surface area contributed by atoms with Crippen molar-refractivity contribution in [1.29, 1.82) is 0 Å². The van der Waals surface area contributed by atoms with Gasteiger partial charge in [-0.05, 0) is 60.2 Å². The monoisotopic (exact) mass is 483 g/mol. The van der Waals surface area contributed by atoms with Gasteiger partial charge in [-0.1, -0.05) is 42.5 Å². The molecular weight excluding hydrogens is 454 g/mol. The van der Waals surface area contributed by atoms with E-state index in [1.165, 1.54) is 4.90 Å². The van der Waals surface area contributed by atoms with Gasteiger partial charge in [0.15, 0.2) is 0 Å². The summed E-state index contributed by atoms with van der Waals surface area (Å²) in [7, 11) is 1.71. The number of nitrogens with zero attached hydrogens (tertiary/aromatic N) is 3. The zero-order valence-corrected chi connectivity index (χ0v) is 19.9. The molecule has 0 aliphatic heterocycles. The van der Waals surface area contributed by atoms with Crippen LogP contribution in [-0.4, -0.2) is 56.6 Å². The Morgan fingerprint density at radius 3 is 2.12 bits per heavy atom. The number of carboxylic acid groups (broad SMARTS) is 1. The highest BCUT2D eigenvalue weighted by atomic mass is 35.5. The lowest BCUT2D eigenvalue weighted by molar-refractivity contribution is -0.135. The molecule has 0 aliphatic rings. The van der Waals surface area contributed by atoms with E-state index in [2.05, 4.69) is 4.98 Å². The molecule has 0 spiro atoms. The molecule has 34 heavy (non-hydrogen) atoms. The molecule has 0 fully saturated rings. The fraction of sp³-hybridized carbons (Fsp3) is 0.269. The molecule has 2 amide bonds. The number of aromatic nitrogens is 1. The predicted molar refractivity (Wildman–Crippen MR) is 133 cm³/mol. The van der Waals surface area contributed by atoms with Crippen LogP contribution < -0.4 is 0 Å². The third kappa shape index (κ3) is 7.78. The Hall–Kier alpha value is -3.58. The number of rotatable bonds is 10. The van der Waals surface area contributed by atoms with E-state index in [4.69, 9.17) is 0 Å². The Morgan fingerprint density at radius 1 is 0.882 bits per heavy atom. The Labute approximate surface area is 206 Å². The van der Waals surface area contributed by atoms with Gasteiger partial charge in [-0.15, -0.1) is 12.4 Å². The Bertz CT molecular complexity index is 1030. The number of halogens is 1. The molecule has 8 heteroatoms. The first-order valence-corrected chi connectivity index (χ1v) is 10.9. The Balaban J connectivity index is 0.00000408. The highest BCUT2D eigenvalue weighted by Gasteiger charge is 2.31. The molecule has 2 N–H and O–H groups in total. The zero-order valence-electron chi connectivity index (χ0n) is 19.1. The predicted octanol–water partition coefficient (Wildman–Crippen LogP) is 4.39. The van der Waals surface area contributed by atoms with Crippen LogP contribution in [0.4, 0.5) is 4.79 Å². The van der Waals surface area contributed by atoms with Crippen LogP contribution in [0.1, 0.15) is 23.1 Å². The summed E-state index contributed by atoms with van der Waals surface area (Å²) < 4.78 is 0. The van der Waals surface area contributed by atoms with Gasteiger partial charge in [-0.3, -0.25) is 14.7 Å². The maximum absolute atomic E-state index is 13.4. The second-order valence-electron chi connectivity index (χ2n) is 7.98. The minimum absolute atomic E-state index is 0. The summed E-state index contributed by atoms with van der Waals surface area (Å²) in [6.45, 7) is 0.581. The molecule has 3 aromatic rings. The molecule has 0 saturated carbocycles. The summed E-state index contributed by atoms with van der Waals surface area (Å²) in [6.07, 6.45) is 3.58. The van der Waals surface area contributed by atoms with Crippen molar-refractivity contribution in [3.63, 3.8) is 0 Å². The Morgan fingerprint density at radius 2 is 1.50 bits per heavy atom. The van der Waals surface area contributed by atoms with Crippen molar-refractivity contribution in [2.45, 2.75) is 31.8 Å². The lowest BCUT2D eigenvalue weighted by atomic mass is 10.0. The zero-order chi connectivity index (χ0) is 23.6. The van der Waals surface area contributed by atoms with Gasteiger partial charge in [0.25, 0.3) is 0 Å². The van der Waals surface area contributed by atoms with Gasteiger partial charge < -0.3 is 15.1 Å². The molecule has 1 atom stereocenters. The average molecular weight is 484 g/mol. The van der Waals surface area contributed by atoms with Gasteiger partial charge in [0.05, 0.1) is 0 Å². The number of phenolic OH excluding ortho intramolecular Hbond substituents is 1. The van der Waals surface area contributed by atoms with Crippen LogP contribution in [0.25, 0.3) is 0 Å². The van der Waals surface area contributed by atoms with Crippen molar-refractivity contribution in [2.24, 2.45) is 0 Å². The molecule has 0 saturated heterocycles. The molecule has 0 unspecified atom stereocenters. The maximum atomic E-state index is 13.4. The van der Waals surface area contributed by atoms with Gasteiger partial charge in [-0.2, -0.15) is 0 Å². The lowest BCUT2D eigenvalue weighted by Crippen LogP contribution is -2.50. The summed E-state index contributed by atoms with van der Waals surface area (Å²) in [5.74, 6) is -0.0713. The van der Waals surface area contributed by atoms with E-state index >= 15 is 0 Å². The second-order valence-corrected chi connectivity index (χ2v) is 7.98. The molecule has 1 heterocycles. The number of phenols is 1. The van der Waals surface area contributed by atoms with E-state index in [9.17, 15) is 19.8 Å². The molecular formula is C26H30ClN3O4. The van der Waals surface area contributed by atoms with Crippen LogP contribution in [0, 0.1) is 0 Å². The third-order valence-corrected chi connectivity index (χ3v) is 5.61. The second kappa shape index (κ2) is 13.2. The van der Waals surface area contributed by atoms with Gasteiger partial charge >= 0.3 is 6.09 Å². The van der Waals surface area contributed by atoms with Gasteiger partial charge in [0.1, 0.15) is 11.8 Å². The largest absolute Gasteiger partial charge is 0.508 e. The molecule has 2 aromatic carbocycles. The minimum atomic E-state index is -1.15. The fourth-order valence-electron chi connectivity index (χ4n) is 3.68. The van der Waals surface area contributed by atoms with Gasteiger partial charge in [-0.25, -0.2) is 4.79 Å². The quantitative estimate of drug-likeness (QED) is 0.446. The van der Waals surface area contributed by atoms with Crippen LogP contribution in [-0.2, 0) is 24.2 Å².